The maximum Gasteiger partial charge on any atom is 0.185 e. The lowest BCUT2D eigenvalue weighted by Gasteiger charge is -2.27. The first-order chi connectivity index (χ1) is 13.6. The van der Waals surface area contributed by atoms with Crippen LogP contribution in [0.3, 0.4) is 0 Å². The number of benzene rings is 2. The van der Waals surface area contributed by atoms with Gasteiger partial charge in [0.1, 0.15) is 5.52 Å². The van der Waals surface area contributed by atoms with Crippen molar-refractivity contribution in [3.05, 3.63) is 70.9 Å². The first kappa shape index (κ1) is 18.8. The zero-order valence-electron chi connectivity index (χ0n) is 15.8. The maximum absolute atomic E-state index is 14.2. The summed E-state index contributed by atoms with van der Waals surface area (Å²) < 4.78 is 33.2. The number of rotatable bonds is 5. The molecule has 0 aliphatic carbocycles. The second kappa shape index (κ2) is 8.20. The molecule has 4 rings (SSSR count). The molecule has 28 heavy (non-hydrogen) atoms. The summed E-state index contributed by atoms with van der Waals surface area (Å²) in [5.74, 6) is -1.79. The molecule has 0 atom stereocenters. The van der Waals surface area contributed by atoms with Crippen molar-refractivity contribution in [1.82, 2.24) is 9.88 Å². The lowest BCUT2D eigenvalue weighted by Crippen LogP contribution is -2.35. The van der Waals surface area contributed by atoms with E-state index in [2.05, 4.69) is 27.3 Å². The van der Waals surface area contributed by atoms with Gasteiger partial charge < -0.3 is 10.1 Å². The minimum Gasteiger partial charge on any atom is -0.380 e. The Morgan fingerprint density at radius 2 is 1.82 bits per heavy atom. The van der Waals surface area contributed by atoms with Crippen LogP contribution in [-0.4, -0.2) is 36.2 Å². The standard InChI is InChI=1S/C22H23F2N3O/c1-15-12-20(18-6-7-19(23)21(24)22(18)26-15)25-13-16-4-2-3-5-17(16)14-27-8-10-28-11-9-27/h2-7,12H,8-11,13-14H2,1H3,(H,25,26). The molecule has 1 aliphatic heterocycles. The van der Waals surface area contributed by atoms with Crippen LogP contribution in [0.4, 0.5) is 14.5 Å². The van der Waals surface area contributed by atoms with Gasteiger partial charge in [-0.3, -0.25) is 4.90 Å². The molecule has 0 radical (unpaired) electrons. The summed E-state index contributed by atoms with van der Waals surface area (Å²) >= 11 is 0. The fourth-order valence-corrected chi connectivity index (χ4v) is 3.58. The number of hydrogen-bond donors (Lipinski definition) is 1. The second-order valence-electron chi connectivity index (χ2n) is 7.08. The SMILES string of the molecule is Cc1cc(NCc2ccccc2CN2CCOCC2)c2ccc(F)c(F)c2n1. The lowest BCUT2D eigenvalue weighted by atomic mass is 10.1. The van der Waals surface area contributed by atoms with Gasteiger partial charge in [0.15, 0.2) is 11.6 Å². The van der Waals surface area contributed by atoms with Gasteiger partial charge in [-0.1, -0.05) is 24.3 Å². The molecule has 0 bridgehead atoms. The molecule has 0 saturated carbocycles. The third kappa shape index (κ3) is 3.98. The number of aryl methyl sites for hydroxylation is 1. The van der Waals surface area contributed by atoms with Crippen molar-refractivity contribution in [3.63, 3.8) is 0 Å². The first-order valence-electron chi connectivity index (χ1n) is 9.48. The monoisotopic (exact) mass is 383 g/mol. The predicted octanol–water partition coefficient (Wildman–Crippen LogP) is 4.27. The van der Waals surface area contributed by atoms with E-state index in [-0.39, 0.29) is 5.52 Å². The summed E-state index contributed by atoms with van der Waals surface area (Å²) in [6.07, 6.45) is 0. The van der Waals surface area contributed by atoms with Gasteiger partial charge >= 0.3 is 0 Å². The van der Waals surface area contributed by atoms with E-state index < -0.39 is 11.6 Å². The van der Waals surface area contributed by atoms with Crippen LogP contribution < -0.4 is 5.32 Å². The molecular weight excluding hydrogens is 360 g/mol. The number of ether oxygens (including phenoxy) is 1. The van der Waals surface area contributed by atoms with Crippen molar-refractivity contribution in [3.8, 4) is 0 Å². The first-order valence-corrected chi connectivity index (χ1v) is 9.48. The van der Waals surface area contributed by atoms with E-state index in [0.29, 0.717) is 17.6 Å². The van der Waals surface area contributed by atoms with Crippen LogP contribution >= 0.6 is 0 Å². The highest BCUT2D eigenvalue weighted by atomic mass is 19.2. The molecule has 1 aromatic heterocycles. The Bertz CT molecular complexity index is 987. The Labute approximate surface area is 163 Å². The van der Waals surface area contributed by atoms with Crippen molar-refractivity contribution < 1.29 is 13.5 Å². The number of halogens is 2. The third-order valence-corrected chi connectivity index (χ3v) is 5.09. The molecular formula is C22H23F2N3O. The summed E-state index contributed by atoms with van der Waals surface area (Å²) in [5, 5.41) is 3.98. The zero-order valence-corrected chi connectivity index (χ0v) is 15.8. The molecule has 1 saturated heterocycles. The molecule has 6 heteroatoms. The van der Waals surface area contributed by atoms with Crippen LogP contribution in [-0.2, 0) is 17.8 Å². The Morgan fingerprint density at radius 1 is 1.07 bits per heavy atom. The van der Waals surface area contributed by atoms with Gasteiger partial charge in [0.05, 0.1) is 13.2 Å². The zero-order chi connectivity index (χ0) is 19.5. The molecule has 1 N–H and O–H groups in total. The Balaban J connectivity index is 1.57. The normalized spacial score (nSPS) is 15.1. The van der Waals surface area contributed by atoms with Gasteiger partial charge in [0, 0.05) is 42.9 Å². The Hall–Kier alpha value is -2.57. The van der Waals surface area contributed by atoms with E-state index in [4.69, 9.17) is 4.74 Å². The van der Waals surface area contributed by atoms with Gasteiger partial charge in [0.25, 0.3) is 0 Å². The lowest BCUT2D eigenvalue weighted by molar-refractivity contribution is 0.0341. The number of nitrogens with zero attached hydrogens (tertiary/aromatic N) is 2. The number of hydrogen-bond acceptors (Lipinski definition) is 4. The number of pyridine rings is 1. The summed E-state index contributed by atoms with van der Waals surface area (Å²) in [6.45, 7) is 6.65. The van der Waals surface area contributed by atoms with E-state index in [9.17, 15) is 8.78 Å². The van der Waals surface area contributed by atoms with Crippen LogP contribution in [0.15, 0.2) is 42.5 Å². The van der Waals surface area contributed by atoms with Crippen LogP contribution in [0, 0.1) is 18.6 Å². The highest BCUT2D eigenvalue weighted by molar-refractivity contribution is 5.91. The van der Waals surface area contributed by atoms with Crippen LogP contribution in [0.2, 0.25) is 0 Å². The Morgan fingerprint density at radius 3 is 2.61 bits per heavy atom. The van der Waals surface area contributed by atoms with Crippen molar-refractivity contribution in [2.45, 2.75) is 20.0 Å². The minimum atomic E-state index is -0.906. The largest absolute Gasteiger partial charge is 0.380 e. The van der Waals surface area contributed by atoms with Crippen molar-refractivity contribution in [2.75, 3.05) is 31.6 Å². The molecule has 3 aromatic rings. The number of aromatic nitrogens is 1. The highest BCUT2D eigenvalue weighted by Gasteiger charge is 2.14. The fraction of sp³-hybridized carbons (Fsp3) is 0.318. The predicted molar refractivity (Wildman–Crippen MR) is 106 cm³/mol. The molecule has 1 fully saturated rings. The second-order valence-corrected chi connectivity index (χ2v) is 7.08. The van der Waals surface area contributed by atoms with Gasteiger partial charge in [-0.05, 0) is 36.2 Å². The smallest absolute Gasteiger partial charge is 0.185 e. The van der Waals surface area contributed by atoms with E-state index in [1.165, 1.54) is 11.1 Å². The molecule has 1 aliphatic rings. The van der Waals surface area contributed by atoms with E-state index >= 15 is 0 Å². The fourth-order valence-electron chi connectivity index (χ4n) is 3.58. The highest BCUT2D eigenvalue weighted by Crippen LogP contribution is 2.27. The molecule has 146 valence electrons. The number of fused-ring (bicyclic) bond motifs is 1. The van der Waals surface area contributed by atoms with Gasteiger partial charge in [0.2, 0.25) is 0 Å². The van der Waals surface area contributed by atoms with Gasteiger partial charge in [-0.15, -0.1) is 0 Å². The average molecular weight is 383 g/mol. The molecule has 0 unspecified atom stereocenters. The van der Waals surface area contributed by atoms with E-state index in [1.54, 1.807) is 13.0 Å². The van der Waals surface area contributed by atoms with E-state index in [0.717, 1.165) is 44.6 Å². The molecule has 4 nitrogen and oxygen atoms in total. The van der Waals surface area contributed by atoms with Gasteiger partial charge in [-0.25, -0.2) is 13.8 Å². The maximum atomic E-state index is 14.2. The summed E-state index contributed by atoms with van der Waals surface area (Å²) in [5.41, 5.74) is 3.89. The van der Waals surface area contributed by atoms with Crippen LogP contribution in [0.5, 0.6) is 0 Å². The summed E-state index contributed by atoms with van der Waals surface area (Å²) in [4.78, 5) is 6.55. The molecule has 2 aromatic carbocycles. The quantitative estimate of drug-likeness (QED) is 0.714. The van der Waals surface area contributed by atoms with Crippen LogP contribution in [0.25, 0.3) is 10.9 Å². The van der Waals surface area contributed by atoms with E-state index in [1.807, 2.05) is 18.2 Å². The number of anilines is 1. The molecule has 0 amide bonds. The number of nitrogens with one attached hydrogen (secondary N) is 1. The van der Waals surface area contributed by atoms with Gasteiger partial charge in [-0.2, -0.15) is 0 Å². The van der Waals surface area contributed by atoms with Crippen molar-refractivity contribution in [1.29, 1.82) is 0 Å². The summed E-state index contributed by atoms with van der Waals surface area (Å²) in [6, 6.07) is 12.9. The summed E-state index contributed by atoms with van der Waals surface area (Å²) in [7, 11) is 0. The number of morpholine rings is 1. The molecule has 2 heterocycles. The Kier molecular flexibility index (Phi) is 5.50. The topological polar surface area (TPSA) is 37.4 Å². The average Bonchev–Trinajstić information content (AvgIpc) is 2.71. The minimum absolute atomic E-state index is 0.0594. The molecule has 0 spiro atoms. The van der Waals surface area contributed by atoms with Crippen molar-refractivity contribution in [2.24, 2.45) is 0 Å². The van der Waals surface area contributed by atoms with Crippen molar-refractivity contribution >= 4 is 16.6 Å². The third-order valence-electron chi connectivity index (χ3n) is 5.09. The van der Waals surface area contributed by atoms with Crippen LogP contribution in [0.1, 0.15) is 16.8 Å².